The van der Waals surface area contributed by atoms with Gasteiger partial charge < -0.3 is 10.2 Å². The number of halogens is 1. The molecule has 1 aliphatic heterocycles. The van der Waals surface area contributed by atoms with E-state index in [-0.39, 0.29) is 12.4 Å². The molecule has 4 heteroatoms. The molecule has 3 rings (SSSR count). The van der Waals surface area contributed by atoms with Crippen LogP contribution in [0.1, 0.15) is 26.2 Å². The first-order chi connectivity index (χ1) is 7.29. The number of piperazine rings is 1. The van der Waals surface area contributed by atoms with Crippen LogP contribution < -0.4 is 5.32 Å². The van der Waals surface area contributed by atoms with E-state index in [9.17, 15) is 4.79 Å². The smallest absolute Gasteiger partial charge is 0.226 e. The number of amides is 1. The van der Waals surface area contributed by atoms with Crippen molar-refractivity contribution < 1.29 is 4.79 Å². The zero-order valence-electron chi connectivity index (χ0n) is 9.82. The largest absolute Gasteiger partial charge is 0.337 e. The molecule has 0 aromatic heterocycles. The van der Waals surface area contributed by atoms with Crippen LogP contribution in [-0.2, 0) is 4.79 Å². The maximum absolute atomic E-state index is 12.3. The van der Waals surface area contributed by atoms with Gasteiger partial charge >= 0.3 is 0 Å². The summed E-state index contributed by atoms with van der Waals surface area (Å²) in [5.74, 6) is 2.40. The summed E-state index contributed by atoms with van der Waals surface area (Å²) in [5.41, 5.74) is 0. The van der Waals surface area contributed by atoms with Crippen molar-refractivity contribution in [1.82, 2.24) is 10.2 Å². The highest BCUT2D eigenvalue weighted by molar-refractivity contribution is 5.85. The highest BCUT2D eigenvalue weighted by Gasteiger charge is 2.57. The van der Waals surface area contributed by atoms with Crippen molar-refractivity contribution in [2.24, 2.45) is 17.8 Å². The normalized spacial score (nSPS) is 41.2. The van der Waals surface area contributed by atoms with Gasteiger partial charge in [-0.15, -0.1) is 12.4 Å². The number of nitrogens with zero attached hydrogens (tertiary/aromatic N) is 1. The fraction of sp³-hybridized carbons (Fsp3) is 0.917. The van der Waals surface area contributed by atoms with Gasteiger partial charge in [0.15, 0.2) is 0 Å². The Bertz CT molecular complexity index is 274. The van der Waals surface area contributed by atoms with Crippen LogP contribution in [0.2, 0.25) is 0 Å². The van der Waals surface area contributed by atoms with Crippen molar-refractivity contribution in [2.45, 2.75) is 32.2 Å². The molecule has 1 heterocycles. The van der Waals surface area contributed by atoms with Gasteiger partial charge in [0.2, 0.25) is 5.91 Å². The minimum absolute atomic E-state index is 0. The predicted molar refractivity (Wildman–Crippen MR) is 65.6 cm³/mol. The van der Waals surface area contributed by atoms with Gasteiger partial charge in [0.25, 0.3) is 0 Å². The van der Waals surface area contributed by atoms with E-state index < -0.39 is 0 Å². The summed E-state index contributed by atoms with van der Waals surface area (Å²) < 4.78 is 0. The van der Waals surface area contributed by atoms with E-state index in [0.717, 1.165) is 31.5 Å². The molecule has 3 atom stereocenters. The first-order valence-electron chi connectivity index (χ1n) is 6.30. The summed E-state index contributed by atoms with van der Waals surface area (Å²) in [4.78, 5) is 14.4. The average molecular weight is 245 g/mol. The van der Waals surface area contributed by atoms with E-state index >= 15 is 0 Å². The molecular weight excluding hydrogens is 224 g/mol. The Morgan fingerprint density at radius 1 is 1.31 bits per heavy atom. The van der Waals surface area contributed by atoms with Gasteiger partial charge in [-0.1, -0.05) is 6.42 Å². The van der Waals surface area contributed by atoms with Crippen LogP contribution in [0.25, 0.3) is 0 Å². The van der Waals surface area contributed by atoms with E-state index in [4.69, 9.17) is 0 Å². The third-order valence-electron chi connectivity index (χ3n) is 4.48. The van der Waals surface area contributed by atoms with Crippen molar-refractivity contribution in [1.29, 1.82) is 0 Å². The van der Waals surface area contributed by atoms with Gasteiger partial charge in [0, 0.05) is 31.6 Å². The molecule has 2 saturated carbocycles. The minimum Gasteiger partial charge on any atom is -0.337 e. The van der Waals surface area contributed by atoms with Crippen molar-refractivity contribution in [2.75, 3.05) is 19.6 Å². The molecule has 1 saturated heterocycles. The van der Waals surface area contributed by atoms with E-state index in [2.05, 4.69) is 17.1 Å². The first kappa shape index (κ1) is 12.2. The van der Waals surface area contributed by atoms with Gasteiger partial charge in [0.05, 0.1) is 0 Å². The van der Waals surface area contributed by atoms with Crippen LogP contribution in [0.4, 0.5) is 0 Å². The molecule has 0 radical (unpaired) electrons. The second-order valence-corrected chi connectivity index (χ2v) is 5.37. The summed E-state index contributed by atoms with van der Waals surface area (Å²) >= 11 is 0. The number of rotatable bonds is 1. The lowest BCUT2D eigenvalue weighted by molar-refractivity contribution is -0.136. The van der Waals surface area contributed by atoms with Crippen LogP contribution >= 0.6 is 12.4 Å². The number of hydrogen-bond donors (Lipinski definition) is 1. The maximum Gasteiger partial charge on any atom is 0.226 e. The van der Waals surface area contributed by atoms with Crippen molar-refractivity contribution in [3.63, 3.8) is 0 Å². The average Bonchev–Trinajstić information content (AvgIpc) is 2.72. The Balaban J connectivity index is 0.000000963. The minimum atomic E-state index is 0. The molecule has 0 bridgehead atoms. The zero-order valence-corrected chi connectivity index (χ0v) is 10.6. The van der Waals surface area contributed by atoms with Gasteiger partial charge in [-0.3, -0.25) is 4.79 Å². The van der Waals surface area contributed by atoms with Gasteiger partial charge in [-0.2, -0.15) is 0 Å². The molecule has 92 valence electrons. The third-order valence-corrected chi connectivity index (χ3v) is 4.48. The van der Waals surface area contributed by atoms with E-state index in [1.165, 1.54) is 19.3 Å². The Labute approximate surface area is 103 Å². The van der Waals surface area contributed by atoms with Gasteiger partial charge in [0.1, 0.15) is 0 Å². The molecule has 16 heavy (non-hydrogen) atoms. The lowest BCUT2D eigenvalue weighted by Crippen LogP contribution is -2.53. The zero-order chi connectivity index (χ0) is 10.4. The number of carbonyl (C=O) groups is 1. The van der Waals surface area contributed by atoms with Crippen molar-refractivity contribution in [3.8, 4) is 0 Å². The van der Waals surface area contributed by atoms with E-state index in [0.29, 0.717) is 17.9 Å². The monoisotopic (exact) mass is 244 g/mol. The molecule has 0 aromatic carbocycles. The van der Waals surface area contributed by atoms with Crippen LogP contribution in [0.3, 0.4) is 0 Å². The van der Waals surface area contributed by atoms with Crippen LogP contribution in [0.15, 0.2) is 0 Å². The summed E-state index contributed by atoms with van der Waals surface area (Å²) in [6.45, 7) is 5.00. The fourth-order valence-electron chi connectivity index (χ4n) is 3.55. The Hall–Kier alpha value is -0.280. The molecule has 1 N–H and O–H groups in total. The number of nitrogens with one attached hydrogen (secondary N) is 1. The number of hydrogen-bond acceptors (Lipinski definition) is 2. The van der Waals surface area contributed by atoms with Crippen LogP contribution in [0, 0.1) is 17.8 Å². The molecule has 3 fully saturated rings. The highest BCUT2D eigenvalue weighted by atomic mass is 35.5. The first-order valence-corrected chi connectivity index (χ1v) is 6.30. The summed E-state index contributed by atoms with van der Waals surface area (Å²) in [7, 11) is 0. The SMILES string of the molecule is C[C@H]1CNCCN1C(=O)C1C2CCCC21.Cl. The maximum atomic E-state index is 12.3. The van der Waals surface area contributed by atoms with Gasteiger partial charge in [-0.05, 0) is 31.6 Å². The lowest BCUT2D eigenvalue weighted by atomic mass is 10.1. The molecule has 2 unspecified atom stereocenters. The molecule has 3 nitrogen and oxygen atoms in total. The second-order valence-electron chi connectivity index (χ2n) is 5.37. The highest BCUT2D eigenvalue weighted by Crippen LogP contribution is 2.58. The predicted octanol–water partition coefficient (Wildman–Crippen LogP) is 1.27. The fourth-order valence-corrected chi connectivity index (χ4v) is 3.55. The van der Waals surface area contributed by atoms with E-state index in [1.807, 2.05) is 0 Å². The number of fused-ring (bicyclic) bond motifs is 1. The molecule has 0 aromatic rings. The molecule has 1 amide bonds. The standard InChI is InChI=1S/C12H20N2O.ClH/c1-8-7-13-5-6-14(8)12(15)11-9-3-2-4-10(9)11;/h8-11,13H,2-7H2,1H3;1H/t8-,9?,10?,11?;/m0./s1. The second kappa shape index (κ2) is 4.53. The third kappa shape index (κ3) is 1.84. The molecular formula is C12H21ClN2O. The van der Waals surface area contributed by atoms with Crippen LogP contribution in [-0.4, -0.2) is 36.5 Å². The van der Waals surface area contributed by atoms with Gasteiger partial charge in [-0.25, -0.2) is 0 Å². The summed E-state index contributed by atoms with van der Waals surface area (Å²) in [6.07, 6.45) is 3.97. The lowest BCUT2D eigenvalue weighted by Gasteiger charge is -2.34. The number of carbonyl (C=O) groups excluding carboxylic acids is 1. The summed E-state index contributed by atoms with van der Waals surface area (Å²) in [5, 5.41) is 3.34. The topological polar surface area (TPSA) is 32.3 Å². The quantitative estimate of drug-likeness (QED) is 0.754. The van der Waals surface area contributed by atoms with Crippen molar-refractivity contribution in [3.05, 3.63) is 0 Å². The Kier molecular flexibility index (Phi) is 3.45. The molecule has 0 spiro atoms. The summed E-state index contributed by atoms with van der Waals surface area (Å²) in [6, 6.07) is 0.396. The Morgan fingerprint density at radius 2 is 2.00 bits per heavy atom. The molecule has 2 aliphatic carbocycles. The van der Waals surface area contributed by atoms with E-state index in [1.54, 1.807) is 0 Å². The Morgan fingerprint density at radius 3 is 2.62 bits per heavy atom. The van der Waals surface area contributed by atoms with Crippen LogP contribution in [0.5, 0.6) is 0 Å². The molecule has 3 aliphatic rings. The van der Waals surface area contributed by atoms with Crippen molar-refractivity contribution >= 4 is 18.3 Å².